The highest BCUT2D eigenvalue weighted by Crippen LogP contribution is 2.67. The van der Waals surface area contributed by atoms with Crippen LogP contribution in [0.5, 0.6) is 0 Å². The molecule has 9 rings (SSSR count). The maximum Gasteiger partial charge on any atom is 0.0762 e. The molecule has 2 aromatic heterocycles. The van der Waals surface area contributed by atoms with Crippen LogP contribution < -0.4 is 0 Å². The molecule has 0 aliphatic heterocycles. The van der Waals surface area contributed by atoms with Crippen LogP contribution in [0, 0.1) is 0 Å². The Balaban J connectivity index is 1.57. The molecule has 37 heavy (non-hydrogen) atoms. The molecule has 2 aliphatic carbocycles. The number of aromatic nitrogens is 1. The number of benzene rings is 5. The van der Waals surface area contributed by atoms with Gasteiger partial charge in [-0.05, 0) is 51.9 Å². The van der Waals surface area contributed by atoms with E-state index in [1.807, 2.05) is 11.3 Å². The number of nitrogens with zero attached hydrogens (tertiary/aromatic N) is 1. The summed E-state index contributed by atoms with van der Waals surface area (Å²) in [6.07, 6.45) is 0. The van der Waals surface area contributed by atoms with Crippen LogP contribution in [0.25, 0.3) is 48.4 Å². The standard InChI is InChI=1S/C35H21NS/c1-2-12-22(13-3-1)36-29-20-10-6-16-25(29)31-33(36)23-14-4-8-18-27(23)35(31)28-19-9-5-15-24(28)34-32(35)26-17-7-11-21-30(26)37-34/h1-21H. The largest absolute Gasteiger partial charge is 0.309 e. The molecule has 2 heterocycles. The third kappa shape index (κ3) is 2.22. The molecule has 1 unspecified atom stereocenters. The lowest BCUT2D eigenvalue weighted by Gasteiger charge is -2.30. The molecule has 5 aromatic carbocycles. The molecule has 0 saturated heterocycles. The minimum atomic E-state index is -0.350. The van der Waals surface area contributed by atoms with Crippen molar-refractivity contribution in [3.63, 3.8) is 0 Å². The Hall–Kier alpha value is -4.40. The number of thiophene rings is 1. The fraction of sp³-hybridized carbons (Fsp3) is 0.0286. The summed E-state index contributed by atoms with van der Waals surface area (Å²) in [4.78, 5) is 1.41. The van der Waals surface area contributed by atoms with Crippen LogP contribution in [-0.4, -0.2) is 4.57 Å². The SMILES string of the molecule is c1ccc(-n2c3c(c4ccccc42)C2(c4ccccc4-c4sc5ccccc5c42)c2ccccc2-3)cc1. The van der Waals surface area contributed by atoms with Crippen molar-refractivity contribution < 1.29 is 0 Å². The second-order valence-corrected chi connectivity index (χ2v) is 11.1. The molecule has 1 atom stereocenters. The maximum atomic E-state index is 2.49. The highest BCUT2D eigenvalue weighted by Gasteiger charge is 2.55. The van der Waals surface area contributed by atoms with E-state index in [4.69, 9.17) is 0 Å². The highest BCUT2D eigenvalue weighted by atomic mass is 32.1. The van der Waals surface area contributed by atoms with Crippen LogP contribution in [-0.2, 0) is 5.41 Å². The Morgan fingerprint density at radius 3 is 1.97 bits per heavy atom. The van der Waals surface area contributed by atoms with E-state index in [2.05, 4.69) is 132 Å². The zero-order valence-corrected chi connectivity index (χ0v) is 20.8. The van der Waals surface area contributed by atoms with Gasteiger partial charge in [-0.15, -0.1) is 11.3 Å². The minimum absolute atomic E-state index is 0.350. The number of para-hydroxylation sites is 2. The monoisotopic (exact) mass is 487 g/mol. The first-order valence-corrected chi connectivity index (χ1v) is 13.6. The summed E-state index contributed by atoms with van der Waals surface area (Å²) in [5, 5.41) is 2.70. The summed E-state index contributed by atoms with van der Waals surface area (Å²) in [6, 6.07) is 47.0. The summed E-state index contributed by atoms with van der Waals surface area (Å²) >= 11 is 1.94. The Bertz CT molecular complexity index is 2040. The molecule has 7 aromatic rings. The normalized spacial score (nSPS) is 16.8. The predicted molar refractivity (Wildman–Crippen MR) is 155 cm³/mol. The molecule has 0 radical (unpaired) electrons. The van der Waals surface area contributed by atoms with E-state index >= 15 is 0 Å². The van der Waals surface area contributed by atoms with Crippen molar-refractivity contribution in [3.8, 4) is 27.4 Å². The van der Waals surface area contributed by atoms with E-state index in [-0.39, 0.29) is 5.41 Å². The Morgan fingerprint density at radius 2 is 1.14 bits per heavy atom. The van der Waals surface area contributed by atoms with E-state index in [0.717, 1.165) is 0 Å². The highest BCUT2D eigenvalue weighted by molar-refractivity contribution is 7.22. The molecule has 1 nitrogen and oxygen atoms in total. The first-order chi connectivity index (χ1) is 18.4. The fourth-order valence-electron chi connectivity index (χ4n) is 7.16. The van der Waals surface area contributed by atoms with Crippen molar-refractivity contribution in [3.05, 3.63) is 150 Å². The van der Waals surface area contributed by atoms with E-state index in [1.165, 1.54) is 70.6 Å². The lowest BCUT2D eigenvalue weighted by atomic mass is 9.69. The summed E-state index contributed by atoms with van der Waals surface area (Å²) in [6.45, 7) is 0. The van der Waals surface area contributed by atoms with Gasteiger partial charge in [0.05, 0.1) is 16.6 Å². The molecule has 0 saturated carbocycles. The van der Waals surface area contributed by atoms with Gasteiger partial charge in [-0.1, -0.05) is 103 Å². The minimum Gasteiger partial charge on any atom is -0.309 e. The summed E-state index contributed by atoms with van der Waals surface area (Å²) < 4.78 is 3.85. The van der Waals surface area contributed by atoms with Crippen molar-refractivity contribution in [2.24, 2.45) is 0 Å². The Morgan fingerprint density at radius 1 is 0.514 bits per heavy atom. The molecule has 0 bridgehead atoms. The molecular formula is C35H21NS. The van der Waals surface area contributed by atoms with Crippen LogP contribution in [0.15, 0.2) is 127 Å². The lowest BCUT2D eigenvalue weighted by molar-refractivity contribution is 0.810. The topological polar surface area (TPSA) is 4.93 Å². The van der Waals surface area contributed by atoms with Crippen molar-refractivity contribution in [2.45, 2.75) is 5.41 Å². The van der Waals surface area contributed by atoms with Gasteiger partial charge in [0, 0.05) is 31.8 Å². The Labute approximate surface area is 218 Å². The average molecular weight is 488 g/mol. The van der Waals surface area contributed by atoms with Gasteiger partial charge in [-0.2, -0.15) is 0 Å². The first-order valence-electron chi connectivity index (χ1n) is 12.8. The van der Waals surface area contributed by atoms with Gasteiger partial charge in [0.15, 0.2) is 0 Å². The second-order valence-electron chi connectivity index (χ2n) is 10.1. The number of hydrogen-bond donors (Lipinski definition) is 0. The molecule has 172 valence electrons. The fourth-order valence-corrected chi connectivity index (χ4v) is 8.46. The van der Waals surface area contributed by atoms with Crippen LogP contribution in [0.3, 0.4) is 0 Å². The third-order valence-electron chi connectivity index (χ3n) is 8.40. The molecule has 0 fully saturated rings. The van der Waals surface area contributed by atoms with Gasteiger partial charge in [-0.25, -0.2) is 0 Å². The molecular weight excluding hydrogens is 466 g/mol. The van der Waals surface area contributed by atoms with E-state index in [0.29, 0.717) is 0 Å². The Kier molecular flexibility index (Phi) is 3.67. The van der Waals surface area contributed by atoms with Gasteiger partial charge in [0.1, 0.15) is 0 Å². The van der Waals surface area contributed by atoms with Crippen molar-refractivity contribution in [2.75, 3.05) is 0 Å². The van der Waals surface area contributed by atoms with Crippen molar-refractivity contribution >= 4 is 32.3 Å². The zero-order valence-electron chi connectivity index (χ0n) is 20.0. The van der Waals surface area contributed by atoms with E-state index in [1.54, 1.807) is 0 Å². The third-order valence-corrected chi connectivity index (χ3v) is 9.60. The molecule has 2 heteroatoms. The predicted octanol–water partition coefficient (Wildman–Crippen LogP) is 9.19. The van der Waals surface area contributed by atoms with Gasteiger partial charge < -0.3 is 4.57 Å². The quantitative estimate of drug-likeness (QED) is 0.217. The summed E-state index contributed by atoms with van der Waals surface area (Å²) in [5.41, 5.74) is 11.8. The number of hydrogen-bond acceptors (Lipinski definition) is 1. The second kappa shape index (κ2) is 6.88. The van der Waals surface area contributed by atoms with Crippen molar-refractivity contribution in [1.29, 1.82) is 0 Å². The zero-order chi connectivity index (χ0) is 24.1. The smallest absolute Gasteiger partial charge is 0.0762 e. The van der Waals surface area contributed by atoms with Crippen molar-refractivity contribution in [1.82, 2.24) is 4.57 Å². The number of fused-ring (bicyclic) bond motifs is 14. The van der Waals surface area contributed by atoms with Crippen LogP contribution in [0.1, 0.15) is 22.3 Å². The van der Waals surface area contributed by atoms with Gasteiger partial charge in [0.2, 0.25) is 0 Å². The number of rotatable bonds is 1. The average Bonchev–Trinajstić information content (AvgIpc) is 3.67. The molecule has 2 aliphatic rings. The van der Waals surface area contributed by atoms with Crippen LogP contribution in [0.2, 0.25) is 0 Å². The van der Waals surface area contributed by atoms with Crippen LogP contribution >= 0.6 is 11.3 Å². The van der Waals surface area contributed by atoms with Gasteiger partial charge in [-0.3, -0.25) is 0 Å². The van der Waals surface area contributed by atoms with Gasteiger partial charge in [0.25, 0.3) is 0 Å². The molecule has 1 spiro atoms. The van der Waals surface area contributed by atoms with E-state index < -0.39 is 0 Å². The van der Waals surface area contributed by atoms with E-state index in [9.17, 15) is 0 Å². The summed E-state index contributed by atoms with van der Waals surface area (Å²) in [5.74, 6) is 0. The van der Waals surface area contributed by atoms with Gasteiger partial charge >= 0.3 is 0 Å². The maximum absolute atomic E-state index is 2.49. The molecule has 0 amide bonds. The molecule has 0 N–H and O–H groups in total. The summed E-state index contributed by atoms with van der Waals surface area (Å²) in [7, 11) is 0. The first kappa shape index (κ1) is 19.7. The van der Waals surface area contributed by atoms with Crippen LogP contribution in [0.4, 0.5) is 0 Å². The lowest BCUT2D eigenvalue weighted by Crippen LogP contribution is -2.25.